The van der Waals surface area contributed by atoms with E-state index in [-0.39, 0.29) is 18.1 Å². The summed E-state index contributed by atoms with van der Waals surface area (Å²) in [5.41, 5.74) is 4.34. The number of aromatic nitrogens is 1. The summed E-state index contributed by atoms with van der Waals surface area (Å²) in [6.07, 6.45) is 3.80. The Bertz CT molecular complexity index is 1340. The van der Waals surface area contributed by atoms with Gasteiger partial charge in [-0.25, -0.2) is 4.79 Å². The number of urea groups is 1. The third-order valence-corrected chi connectivity index (χ3v) is 6.06. The van der Waals surface area contributed by atoms with Gasteiger partial charge in [0.15, 0.2) is 0 Å². The number of nitrogens with one attached hydrogen (secondary N) is 1. The Kier molecular flexibility index (Phi) is 5.37. The molecule has 0 saturated carbocycles. The number of hydrogen-bond acceptors (Lipinski definition) is 2. The van der Waals surface area contributed by atoms with Crippen LogP contribution in [0.3, 0.4) is 0 Å². The van der Waals surface area contributed by atoms with Crippen LogP contribution < -0.4 is 5.32 Å². The number of fused-ring (bicyclic) bond motifs is 1. The highest BCUT2D eigenvalue weighted by Crippen LogP contribution is 2.26. The van der Waals surface area contributed by atoms with E-state index in [1.807, 2.05) is 66.9 Å². The summed E-state index contributed by atoms with van der Waals surface area (Å²) in [7, 11) is 0. The van der Waals surface area contributed by atoms with E-state index in [2.05, 4.69) is 44.0 Å². The van der Waals surface area contributed by atoms with Gasteiger partial charge in [-0.1, -0.05) is 76.6 Å². The summed E-state index contributed by atoms with van der Waals surface area (Å²) >= 11 is 3.40. The quantitative estimate of drug-likeness (QED) is 0.297. The lowest BCUT2D eigenvalue weighted by Gasteiger charge is -2.11. The summed E-state index contributed by atoms with van der Waals surface area (Å²) in [5.74, 6) is -0.321. The van der Waals surface area contributed by atoms with Gasteiger partial charge in [-0.05, 0) is 35.4 Å². The maximum atomic E-state index is 13.0. The van der Waals surface area contributed by atoms with Gasteiger partial charge >= 0.3 is 6.03 Å². The number of nitrogens with zero attached hydrogens (tertiary/aromatic N) is 2. The Morgan fingerprint density at radius 2 is 1.50 bits per heavy atom. The van der Waals surface area contributed by atoms with Crippen LogP contribution in [0.4, 0.5) is 4.79 Å². The molecule has 6 heteroatoms. The molecule has 5 rings (SSSR count). The third-order valence-electron chi connectivity index (χ3n) is 5.53. The molecule has 1 aromatic heterocycles. The predicted molar refractivity (Wildman–Crippen MR) is 129 cm³/mol. The first-order valence-corrected chi connectivity index (χ1v) is 11.1. The van der Waals surface area contributed by atoms with Crippen LogP contribution in [-0.4, -0.2) is 21.4 Å². The minimum absolute atomic E-state index is 0.227. The Morgan fingerprint density at radius 3 is 2.28 bits per heavy atom. The van der Waals surface area contributed by atoms with E-state index in [0.29, 0.717) is 0 Å². The summed E-state index contributed by atoms with van der Waals surface area (Å²) in [6.45, 7) is 0.950. The molecule has 0 radical (unpaired) electrons. The fraction of sp³-hybridized carbons (Fsp3) is 0.0769. The molecule has 1 N–H and O–H groups in total. The number of rotatable bonds is 5. The average Bonchev–Trinajstić information content (AvgIpc) is 3.28. The van der Waals surface area contributed by atoms with Gasteiger partial charge < -0.3 is 9.88 Å². The molecule has 3 amide bonds. The highest BCUT2D eigenvalue weighted by molar-refractivity contribution is 9.10. The topological polar surface area (TPSA) is 54.3 Å². The summed E-state index contributed by atoms with van der Waals surface area (Å²) < 4.78 is 3.11. The van der Waals surface area contributed by atoms with E-state index in [0.717, 1.165) is 33.0 Å². The van der Waals surface area contributed by atoms with Gasteiger partial charge in [0.25, 0.3) is 5.91 Å². The molecule has 32 heavy (non-hydrogen) atoms. The molecule has 1 fully saturated rings. The zero-order chi connectivity index (χ0) is 22.1. The van der Waals surface area contributed by atoms with Crippen LogP contribution in [-0.2, 0) is 17.9 Å². The fourth-order valence-electron chi connectivity index (χ4n) is 3.94. The Labute approximate surface area is 194 Å². The van der Waals surface area contributed by atoms with Crippen LogP contribution in [0.1, 0.15) is 16.7 Å². The lowest BCUT2D eigenvalue weighted by molar-refractivity contribution is -0.123. The summed E-state index contributed by atoms with van der Waals surface area (Å²) in [6, 6.07) is 25.5. The lowest BCUT2D eigenvalue weighted by Crippen LogP contribution is -2.30. The standard InChI is InChI=1S/C26H20BrN3O2/c27-21-12-10-19(11-13-21)16-30-25(31)23(28-26(30)32)14-20-17-29(15-18-6-2-1-3-7-18)24-9-5-4-8-22(20)24/h1-14,17H,15-16H2,(H,28,32)/b23-14+. The van der Waals surface area contributed by atoms with Crippen molar-refractivity contribution in [3.8, 4) is 0 Å². The van der Waals surface area contributed by atoms with Crippen LogP contribution >= 0.6 is 15.9 Å². The molecule has 3 aromatic carbocycles. The second-order valence-corrected chi connectivity index (χ2v) is 8.64. The lowest BCUT2D eigenvalue weighted by atomic mass is 10.1. The second-order valence-electron chi connectivity index (χ2n) is 7.72. The number of halogens is 1. The number of benzene rings is 3. The largest absolute Gasteiger partial charge is 0.342 e. The maximum Gasteiger partial charge on any atom is 0.329 e. The van der Waals surface area contributed by atoms with E-state index in [9.17, 15) is 9.59 Å². The number of hydrogen-bond donors (Lipinski definition) is 1. The fourth-order valence-corrected chi connectivity index (χ4v) is 4.21. The Morgan fingerprint density at radius 1 is 0.812 bits per heavy atom. The number of para-hydroxylation sites is 1. The highest BCUT2D eigenvalue weighted by atomic mass is 79.9. The zero-order valence-corrected chi connectivity index (χ0v) is 18.7. The zero-order valence-electron chi connectivity index (χ0n) is 17.2. The van der Waals surface area contributed by atoms with Crippen molar-refractivity contribution >= 4 is 44.8 Å². The van der Waals surface area contributed by atoms with Crippen molar-refractivity contribution < 1.29 is 9.59 Å². The van der Waals surface area contributed by atoms with Crippen LogP contribution in [0.25, 0.3) is 17.0 Å². The molecule has 1 aliphatic rings. The van der Waals surface area contributed by atoms with Crippen molar-refractivity contribution in [1.82, 2.24) is 14.8 Å². The van der Waals surface area contributed by atoms with Crippen molar-refractivity contribution in [3.63, 3.8) is 0 Å². The molecule has 158 valence electrons. The van der Waals surface area contributed by atoms with E-state index in [1.165, 1.54) is 10.5 Å². The molecule has 0 aliphatic carbocycles. The van der Waals surface area contributed by atoms with Crippen molar-refractivity contribution in [2.45, 2.75) is 13.1 Å². The molecule has 5 nitrogen and oxygen atoms in total. The van der Waals surface area contributed by atoms with E-state index in [1.54, 1.807) is 6.08 Å². The van der Waals surface area contributed by atoms with Crippen LogP contribution in [0.5, 0.6) is 0 Å². The van der Waals surface area contributed by atoms with Gasteiger partial charge in [0.05, 0.1) is 6.54 Å². The first-order valence-electron chi connectivity index (χ1n) is 10.3. The molecule has 0 bridgehead atoms. The third kappa shape index (κ3) is 3.97. The molecule has 4 aromatic rings. The minimum Gasteiger partial charge on any atom is -0.342 e. The molecule has 1 saturated heterocycles. The van der Waals surface area contributed by atoms with Crippen LogP contribution in [0.15, 0.2) is 95.2 Å². The molecule has 1 aliphatic heterocycles. The number of amides is 3. The van der Waals surface area contributed by atoms with Gasteiger partial charge in [-0.3, -0.25) is 9.69 Å². The number of imide groups is 1. The Balaban J connectivity index is 1.45. The smallest absolute Gasteiger partial charge is 0.329 e. The average molecular weight is 486 g/mol. The summed E-state index contributed by atoms with van der Waals surface area (Å²) in [4.78, 5) is 26.7. The van der Waals surface area contributed by atoms with Crippen molar-refractivity contribution in [3.05, 3.63) is 112 Å². The van der Waals surface area contributed by atoms with Crippen molar-refractivity contribution in [1.29, 1.82) is 0 Å². The van der Waals surface area contributed by atoms with Gasteiger partial charge in [0.2, 0.25) is 0 Å². The SMILES string of the molecule is O=C1N/C(=C/c2cn(Cc3ccccc3)c3ccccc23)C(=O)N1Cc1ccc(Br)cc1. The molecule has 0 unspecified atom stereocenters. The minimum atomic E-state index is -0.405. The first kappa shape index (κ1) is 20.3. The summed E-state index contributed by atoms with van der Waals surface area (Å²) in [5, 5.41) is 3.77. The van der Waals surface area contributed by atoms with Gasteiger partial charge in [0.1, 0.15) is 5.70 Å². The van der Waals surface area contributed by atoms with Crippen molar-refractivity contribution in [2.75, 3.05) is 0 Å². The molecular weight excluding hydrogens is 466 g/mol. The molecule has 0 atom stereocenters. The second kappa shape index (κ2) is 8.48. The number of carbonyl (C=O) groups excluding carboxylic acids is 2. The van der Waals surface area contributed by atoms with E-state index >= 15 is 0 Å². The monoisotopic (exact) mass is 485 g/mol. The van der Waals surface area contributed by atoms with Gasteiger partial charge in [-0.2, -0.15) is 0 Å². The molecule has 2 heterocycles. The van der Waals surface area contributed by atoms with Gasteiger partial charge in [0, 0.05) is 33.7 Å². The molecular formula is C26H20BrN3O2. The highest BCUT2D eigenvalue weighted by Gasteiger charge is 2.33. The van der Waals surface area contributed by atoms with E-state index in [4.69, 9.17) is 0 Å². The predicted octanol–water partition coefficient (Wildman–Crippen LogP) is 5.55. The Hall–Kier alpha value is -3.64. The number of carbonyl (C=O) groups is 2. The van der Waals surface area contributed by atoms with E-state index < -0.39 is 6.03 Å². The molecule has 0 spiro atoms. The van der Waals surface area contributed by atoms with Crippen molar-refractivity contribution in [2.24, 2.45) is 0 Å². The maximum absolute atomic E-state index is 13.0. The first-order chi connectivity index (χ1) is 15.6. The normalized spacial score (nSPS) is 15.0. The van der Waals surface area contributed by atoms with Crippen LogP contribution in [0, 0.1) is 0 Å². The van der Waals surface area contributed by atoms with Crippen LogP contribution in [0.2, 0.25) is 0 Å². The van der Waals surface area contributed by atoms with Gasteiger partial charge in [-0.15, -0.1) is 0 Å².